The Bertz CT molecular complexity index is 1500. The predicted octanol–water partition coefficient (Wildman–Crippen LogP) is 4.39. The number of amides is 1. The van der Waals surface area contributed by atoms with Crippen molar-refractivity contribution in [2.45, 2.75) is 0 Å². The fourth-order valence-electron chi connectivity index (χ4n) is 4.35. The van der Waals surface area contributed by atoms with Crippen LogP contribution in [-0.2, 0) is 0 Å². The molecule has 9 nitrogen and oxygen atoms in total. The highest BCUT2D eigenvalue weighted by atomic mass is 16.5. The van der Waals surface area contributed by atoms with E-state index in [9.17, 15) is 4.79 Å². The fraction of sp³-hybridized carbons (Fsp3) is 0.148. The standard InChI is InChI=1S/C27H23N7O2/c35-27(20-9-10-22-21(16-20)26(36-32-22)19-6-2-1-3-7-19)34-14-12-33(13-15-34)25-17-24(29-18-30-25)31-23-8-4-5-11-28-23/h1-11,16-18H,12-15H2,(H,28,29,30,31). The van der Waals surface area contributed by atoms with Crippen LogP contribution in [0, 0.1) is 0 Å². The van der Waals surface area contributed by atoms with Gasteiger partial charge in [-0.3, -0.25) is 4.79 Å². The number of nitrogens with zero attached hydrogens (tertiary/aromatic N) is 6. The lowest BCUT2D eigenvalue weighted by molar-refractivity contribution is 0.0746. The number of aromatic nitrogens is 4. The molecule has 2 aromatic carbocycles. The number of fused-ring (bicyclic) bond motifs is 1. The van der Waals surface area contributed by atoms with Crippen LogP contribution in [0.25, 0.3) is 22.2 Å². The van der Waals surface area contributed by atoms with Gasteiger partial charge in [0.05, 0.1) is 5.39 Å². The van der Waals surface area contributed by atoms with Crippen molar-refractivity contribution in [1.82, 2.24) is 25.0 Å². The molecule has 0 unspecified atom stereocenters. The average Bonchev–Trinajstić information content (AvgIpc) is 3.37. The first-order valence-corrected chi connectivity index (χ1v) is 11.7. The Morgan fingerprint density at radius 1 is 0.833 bits per heavy atom. The van der Waals surface area contributed by atoms with Crippen LogP contribution in [0.3, 0.4) is 0 Å². The predicted molar refractivity (Wildman–Crippen MR) is 137 cm³/mol. The Morgan fingerprint density at radius 3 is 2.47 bits per heavy atom. The Balaban J connectivity index is 1.15. The highest BCUT2D eigenvalue weighted by Crippen LogP contribution is 2.29. The maximum Gasteiger partial charge on any atom is 0.254 e. The van der Waals surface area contributed by atoms with Crippen LogP contribution in [0.15, 0.2) is 89.8 Å². The topological polar surface area (TPSA) is 100 Å². The molecule has 0 bridgehead atoms. The van der Waals surface area contributed by atoms with E-state index in [1.165, 1.54) is 6.33 Å². The summed E-state index contributed by atoms with van der Waals surface area (Å²) in [5.41, 5.74) is 2.29. The summed E-state index contributed by atoms with van der Waals surface area (Å²) in [6.45, 7) is 2.55. The number of hydrogen-bond acceptors (Lipinski definition) is 8. The molecule has 0 aliphatic carbocycles. The van der Waals surface area contributed by atoms with Crippen molar-refractivity contribution in [3.63, 3.8) is 0 Å². The summed E-state index contributed by atoms with van der Waals surface area (Å²) in [7, 11) is 0. The molecule has 4 heterocycles. The molecular weight excluding hydrogens is 454 g/mol. The molecule has 1 aliphatic heterocycles. The molecule has 0 atom stereocenters. The Hall–Kier alpha value is -4.79. The summed E-state index contributed by atoms with van der Waals surface area (Å²) >= 11 is 0. The Kier molecular flexibility index (Phi) is 5.71. The maximum atomic E-state index is 13.3. The first kappa shape index (κ1) is 21.7. The Labute approximate surface area is 207 Å². The lowest BCUT2D eigenvalue weighted by Gasteiger charge is -2.35. The number of carbonyl (C=O) groups excluding carboxylic acids is 1. The molecule has 0 spiro atoms. The number of pyridine rings is 1. The minimum absolute atomic E-state index is 0.00282. The molecular formula is C27H23N7O2. The van der Waals surface area contributed by atoms with Gasteiger partial charge in [0.2, 0.25) is 0 Å². The van der Waals surface area contributed by atoms with Crippen LogP contribution in [0.4, 0.5) is 17.5 Å². The van der Waals surface area contributed by atoms with E-state index in [4.69, 9.17) is 4.52 Å². The van der Waals surface area contributed by atoms with Gasteiger partial charge in [0, 0.05) is 49.6 Å². The van der Waals surface area contributed by atoms with E-state index in [1.807, 2.05) is 77.7 Å². The lowest BCUT2D eigenvalue weighted by atomic mass is 10.1. The zero-order valence-corrected chi connectivity index (χ0v) is 19.4. The number of hydrogen-bond donors (Lipinski definition) is 1. The highest BCUT2D eigenvalue weighted by molar-refractivity contribution is 6.01. The van der Waals surface area contributed by atoms with Gasteiger partial charge >= 0.3 is 0 Å². The lowest BCUT2D eigenvalue weighted by Crippen LogP contribution is -2.49. The van der Waals surface area contributed by atoms with Crippen LogP contribution in [-0.4, -0.2) is 57.1 Å². The van der Waals surface area contributed by atoms with Crippen molar-refractivity contribution >= 4 is 34.3 Å². The van der Waals surface area contributed by atoms with E-state index >= 15 is 0 Å². The average molecular weight is 478 g/mol. The molecule has 5 aromatic rings. The van der Waals surface area contributed by atoms with E-state index in [0.717, 1.165) is 28.1 Å². The summed E-state index contributed by atoms with van der Waals surface area (Å²) in [6.07, 6.45) is 3.26. The van der Waals surface area contributed by atoms with Gasteiger partial charge in [-0.2, -0.15) is 0 Å². The van der Waals surface area contributed by atoms with Gasteiger partial charge in [-0.05, 0) is 30.3 Å². The molecule has 6 rings (SSSR count). The minimum Gasteiger partial charge on any atom is -0.355 e. The number of benzene rings is 2. The molecule has 178 valence electrons. The summed E-state index contributed by atoms with van der Waals surface area (Å²) in [5, 5.41) is 8.18. The zero-order chi connectivity index (χ0) is 24.3. The molecule has 1 fully saturated rings. The number of rotatable bonds is 5. The zero-order valence-electron chi connectivity index (χ0n) is 19.4. The van der Waals surface area contributed by atoms with Gasteiger partial charge < -0.3 is 19.6 Å². The molecule has 3 aromatic heterocycles. The quantitative estimate of drug-likeness (QED) is 0.398. The van der Waals surface area contributed by atoms with E-state index in [-0.39, 0.29) is 5.91 Å². The van der Waals surface area contributed by atoms with E-state index in [0.29, 0.717) is 43.3 Å². The minimum atomic E-state index is -0.00282. The van der Waals surface area contributed by atoms with E-state index in [2.05, 4.69) is 30.3 Å². The molecule has 9 heteroatoms. The SMILES string of the molecule is O=C(c1ccc2noc(-c3ccccc3)c2c1)N1CCN(c2cc(Nc3ccccn3)ncn2)CC1. The molecule has 1 N–H and O–H groups in total. The van der Waals surface area contributed by atoms with Gasteiger partial charge in [0.1, 0.15) is 29.3 Å². The van der Waals surface area contributed by atoms with Gasteiger partial charge in [0.15, 0.2) is 5.76 Å². The van der Waals surface area contributed by atoms with Crippen LogP contribution in [0.2, 0.25) is 0 Å². The highest BCUT2D eigenvalue weighted by Gasteiger charge is 2.24. The van der Waals surface area contributed by atoms with Crippen molar-refractivity contribution in [2.75, 3.05) is 36.4 Å². The molecule has 1 aliphatic rings. The third kappa shape index (κ3) is 4.34. The molecule has 1 saturated heterocycles. The summed E-state index contributed by atoms with van der Waals surface area (Å²) in [5.74, 6) is 2.88. The van der Waals surface area contributed by atoms with Crippen LogP contribution >= 0.6 is 0 Å². The van der Waals surface area contributed by atoms with Crippen molar-refractivity contribution < 1.29 is 9.32 Å². The molecule has 0 saturated carbocycles. The second kappa shape index (κ2) is 9.46. The third-order valence-electron chi connectivity index (χ3n) is 6.22. The van der Waals surface area contributed by atoms with Crippen LogP contribution in [0.1, 0.15) is 10.4 Å². The van der Waals surface area contributed by atoms with Crippen molar-refractivity contribution in [3.05, 3.63) is 90.9 Å². The number of carbonyl (C=O) groups is 1. The van der Waals surface area contributed by atoms with Gasteiger partial charge in [-0.1, -0.05) is 41.6 Å². The number of nitrogens with one attached hydrogen (secondary N) is 1. The summed E-state index contributed by atoms with van der Waals surface area (Å²) < 4.78 is 5.59. The van der Waals surface area contributed by atoms with Gasteiger partial charge in [0.25, 0.3) is 5.91 Å². The Morgan fingerprint density at radius 2 is 1.67 bits per heavy atom. The van der Waals surface area contributed by atoms with E-state index < -0.39 is 0 Å². The smallest absolute Gasteiger partial charge is 0.254 e. The van der Waals surface area contributed by atoms with Gasteiger partial charge in [-0.25, -0.2) is 15.0 Å². The van der Waals surface area contributed by atoms with E-state index in [1.54, 1.807) is 6.20 Å². The number of anilines is 3. The second-order valence-corrected chi connectivity index (χ2v) is 8.49. The summed E-state index contributed by atoms with van der Waals surface area (Å²) in [6, 6.07) is 22.9. The van der Waals surface area contributed by atoms with Crippen molar-refractivity contribution in [3.8, 4) is 11.3 Å². The molecule has 36 heavy (non-hydrogen) atoms. The largest absolute Gasteiger partial charge is 0.355 e. The first-order chi connectivity index (χ1) is 17.7. The van der Waals surface area contributed by atoms with Gasteiger partial charge in [-0.15, -0.1) is 0 Å². The second-order valence-electron chi connectivity index (χ2n) is 8.49. The summed E-state index contributed by atoms with van der Waals surface area (Å²) in [4.78, 5) is 30.4. The normalized spacial score (nSPS) is 13.7. The van der Waals surface area contributed by atoms with Crippen molar-refractivity contribution in [2.24, 2.45) is 0 Å². The third-order valence-corrected chi connectivity index (χ3v) is 6.22. The monoisotopic (exact) mass is 477 g/mol. The fourth-order valence-corrected chi connectivity index (χ4v) is 4.35. The number of piperazine rings is 1. The molecule has 0 radical (unpaired) electrons. The van der Waals surface area contributed by atoms with Crippen molar-refractivity contribution in [1.29, 1.82) is 0 Å². The molecule has 1 amide bonds. The van der Waals surface area contributed by atoms with Crippen LogP contribution < -0.4 is 10.2 Å². The first-order valence-electron chi connectivity index (χ1n) is 11.7. The maximum absolute atomic E-state index is 13.3. The van der Waals surface area contributed by atoms with Crippen LogP contribution in [0.5, 0.6) is 0 Å².